The van der Waals surface area contributed by atoms with Gasteiger partial charge in [0.25, 0.3) is 0 Å². The van der Waals surface area contributed by atoms with Crippen LogP contribution in [0.3, 0.4) is 0 Å². The Labute approximate surface area is 176 Å². The number of piperidine rings is 1. The zero-order chi connectivity index (χ0) is 23.3. The van der Waals surface area contributed by atoms with E-state index in [1.807, 2.05) is 0 Å². The number of aryl methyl sites for hydroxylation is 1. The number of aromatic hydroxyl groups is 1. The summed E-state index contributed by atoms with van der Waals surface area (Å²) in [5.41, 5.74) is 0.706. The Morgan fingerprint density at radius 2 is 2.17 bits per heavy atom. The minimum Gasteiger partial charge on any atom is -0.507 e. The summed E-state index contributed by atoms with van der Waals surface area (Å²) >= 11 is 0. The second kappa shape index (κ2) is 7.24. The van der Waals surface area contributed by atoms with Crippen molar-refractivity contribution in [1.82, 2.24) is 40.7 Å². The topological polar surface area (TPSA) is 118 Å². The van der Waals surface area contributed by atoms with Crippen LogP contribution in [0.1, 0.15) is 23.4 Å². The van der Waals surface area contributed by atoms with Crippen LogP contribution in [0.25, 0.3) is 22.8 Å². The van der Waals surface area contributed by atoms with Gasteiger partial charge in [-0.3, -0.25) is 0 Å². The normalized spacial score (nSPS) is 27.3. The summed E-state index contributed by atoms with van der Waals surface area (Å²) in [5.74, 6) is 0.548. The highest BCUT2D eigenvalue weighted by molar-refractivity contribution is 5.69. The van der Waals surface area contributed by atoms with E-state index in [1.54, 1.807) is 24.1 Å². The van der Waals surface area contributed by atoms with E-state index in [9.17, 15) is 9.50 Å². The number of phenolic OH excluding ortho intramolecular Hbond substituents is 1. The third kappa shape index (κ3) is 3.24. The maximum Gasteiger partial charge on any atom is 0.205 e. The fourth-order valence-corrected chi connectivity index (χ4v) is 4.26. The molecule has 0 spiro atoms. The molecule has 156 valence electrons. The first-order chi connectivity index (χ1) is 15.7. The number of fused-ring (bicyclic) bond motifs is 2. The molecular weight excluding hydrogens is 389 g/mol. The lowest BCUT2D eigenvalue weighted by molar-refractivity contribution is 0.176. The number of halogens is 1. The summed E-state index contributed by atoms with van der Waals surface area (Å²) < 4.78 is 36.8. The predicted molar refractivity (Wildman–Crippen MR) is 106 cm³/mol. The Morgan fingerprint density at radius 1 is 1.27 bits per heavy atom. The maximum absolute atomic E-state index is 14.9. The second-order valence-corrected chi connectivity index (χ2v) is 7.68. The molecule has 0 saturated carbocycles. The molecule has 4 atom stereocenters. The number of hydrogen-bond donors (Lipinski definition) is 2. The van der Waals surface area contributed by atoms with Gasteiger partial charge in [0.2, 0.25) is 5.82 Å². The minimum absolute atomic E-state index is 0.0562. The molecule has 2 fully saturated rings. The van der Waals surface area contributed by atoms with Crippen molar-refractivity contribution >= 4 is 5.82 Å². The number of nitrogens with zero attached hydrogens (tertiary/aromatic N) is 8. The van der Waals surface area contributed by atoms with E-state index in [4.69, 9.17) is 4.11 Å². The van der Waals surface area contributed by atoms with Crippen molar-refractivity contribution in [2.75, 3.05) is 11.9 Å². The van der Waals surface area contributed by atoms with Crippen molar-refractivity contribution in [3.8, 4) is 28.5 Å². The molecule has 2 bridgehead atoms. The van der Waals surface area contributed by atoms with Gasteiger partial charge in [0.15, 0.2) is 11.6 Å². The van der Waals surface area contributed by atoms with Gasteiger partial charge in [0.05, 0.1) is 24.8 Å². The zero-order valence-electron chi connectivity index (χ0n) is 19.1. The fourth-order valence-electron chi connectivity index (χ4n) is 4.26. The Kier molecular flexibility index (Phi) is 3.77. The molecule has 30 heavy (non-hydrogen) atoms. The summed E-state index contributed by atoms with van der Waals surface area (Å²) in [6.07, 6.45) is 3.03. The van der Waals surface area contributed by atoms with Crippen LogP contribution in [-0.2, 0) is 6.98 Å². The van der Waals surface area contributed by atoms with Gasteiger partial charge in [-0.1, -0.05) is 6.07 Å². The molecule has 10 nitrogen and oxygen atoms in total. The lowest BCUT2D eigenvalue weighted by atomic mass is 9.96. The third-order valence-corrected chi connectivity index (χ3v) is 5.87. The first-order valence-electron chi connectivity index (χ1n) is 11.2. The van der Waals surface area contributed by atoms with Gasteiger partial charge in [0, 0.05) is 28.8 Å². The molecule has 2 aliphatic rings. The Bertz CT molecular complexity index is 1160. The molecule has 2 aromatic heterocycles. The number of phenols is 1. The number of nitrogens with one attached hydrogen (secondary N) is 1. The van der Waals surface area contributed by atoms with E-state index in [-0.39, 0.29) is 29.5 Å². The van der Waals surface area contributed by atoms with Crippen LogP contribution >= 0.6 is 0 Å². The van der Waals surface area contributed by atoms with E-state index >= 15 is 0 Å². The van der Waals surface area contributed by atoms with Gasteiger partial charge >= 0.3 is 0 Å². The van der Waals surface area contributed by atoms with E-state index in [2.05, 4.69) is 35.9 Å². The van der Waals surface area contributed by atoms with E-state index in [1.165, 1.54) is 12.3 Å². The predicted octanol–water partition coefficient (Wildman–Crippen LogP) is 1.10. The molecule has 2 N–H and O–H groups in total. The maximum atomic E-state index is 14.9. The van der Waals surface area contributed by atoms with Crippen LogP contribution in [0, 0.1) is 0 Å². The first-order valence-corrected chi connectivity index (χ1v) is 9.67. The van der Waals surface area contributed by atoms with Gasteiger partial charge in [-0.2, -0.15) is 4.80 Å². The van der Waals surface area contributed by atoms with Gasteiger partial charge in [0.1, 0.15) is 11.9 Å². The van der Waals surface area contributed by atoms with Gasteiger partial charge in [-0.05, 0) is 36.6 Å². The van der Waals surface area contributed by atoms with Crippen LogP contribution in [-0.4, -0.2) is 71.8 Å². The Morgan fingerprint density at radius 3 is 2.90 bits per heavy atom. The van der Waals surface area contributed by atoms with Crippen LogP contribution < -0.4 is 10.2 Å². The number of aromatic nitrogens is 7. The first kappa shape index (κ1) is 15.6. The lowest BCUT2D eigenvalue weighted by Crippen LogP contribution is -2.55. The Balaban J connectivity index is 1.34. The van der Waals surface area contributed by atoms with Crippen LogP contribution in [0.15, 0.2) is 24.4 Å². The van der Waals surface area contributed by atoms with E-state index in [0.29, 0.717) is 34.2 Å². The molecule has 0 radical (unpaired) electrons. The number of hydrogen-bond acceptors (Lipinski definition) is 9. The molecule has 4 heterocycles. The van der Waals surface area contributed by atoms with Gasteiger partial charge in [-0.25, -0.2) is 9.37 Å². The summed E-state index contributed by atoms with van der Waals surface area (Å²) in [6.45, 7) is -2.54. The number of benzene rings is 1. The largest absolute Gasteiger partial charge is 0.507 e. The Hall–Kier alpha value is -3.21. The highest BCUT2D eigenvalue weighted by Crippen LogP contribution is 2.34. The molecule has 2 saturated heterocycles. The molecule has 0 unspecified atom stereocenters. The molecule has 0 amide bonds. The smallest absolute Gasteiger partial charge is 0.205 e. The number of alkyl halides is 1. The quantitative estimate of drug-likeness (QED) is 0.647. The number of tetrazole rings is 1. The molecule has 1 aromatic carbocycles. The van der Waals surface area contributed by atoms with Crippen molar-refractivity contribution in [2.45, 2.75) is 43.6 Å². The summed E-state index contributed by atoms with van der Waals surface area (Å²) in [7, 11) is 1.79. The van der Waals surface area contributed by atoms with Crippen molar-refractivity contribution in [3.63, 3.8) is 0 Å². The van der Waals surface area contributed by atoms with Crippen molar-refractivity contribution in [3.05, 3.63) is 24.4 Å². The second-order valence-electron chi connectivity index (χ2n) is 7.68. The van der Waals surface area contributed by atoms with Crippen LogP contribution in [0.2, 0.25) is 0 Å². The SMILES string of the molecule is [2H]C([2H])([2H])n1nnc(-c2ccc(-c3ncc(N(C)[C@H]4C[C@H]5CC[C@H](N5)[C@H]4F)nn3)c(O)c2)n1. The molecule has 11 heteroatoms. The van der Waals surface area contributed by atoms with Crippen molar-refractivity contribution < 1.29 is 13.6 Å². The monoisotopic (exact) mass is 414 g/mol. The minimum atomic E-state index is -2.54. The van der Waals surface area contributed by atoms with Crippen molar-refractivity contribution in [1.29, 1.82) is 0 Å². The fraction of sp³-hybridized carbons (Fsp3) is 0.474. The van der Waals surface area contributed by atoms with Crippen LogP contribution in [0.5, 0.6) is 5.75 Å². The van der Waals surface area contributed by atoms with Crippen molar-refractivity contribution in [2.24, 2.45) is 6.98 Å². The number of anilines is 1. The molecule has 2 aliphatic heterocycles. The molecular formula is C19H22FN9O. The molecule has 5 rings (SSSR count). The van der Waals surface area contributed by atoms with E-state index < -0.39 is 13.1 Å². The summed E-state index contributed by atoms with van der Waals surface area (Å²) in [5, 5.41) is 33.2. The number of rotatable bonds is 4. The van der Waals surface area contributed by atoms with E-state index in [0.717, 1.165) is 12.8 Å². The summed E-state index contributed by atoms with van der Waals surface area (Å²) in [4.78, 5) is 6.62. The van der Waals surface area contributed by atoms with Gasteiger partial charge in [-0.15, -0.1) is 20.4 Å². The highest BCUT2D eigenvalue weighted by Gasteiger charge is 2.43. The average Bonchev–Trinajstić information content (AvgIpc) is 3.44. The summed E-state index contributed by atoms with van der Waals surface area (Å²) in [6, 6.07) is 4.43. The standard InChI is InChI=1S/C19H22FN9O/c1-28(14-8-11-4-6-13(22-11)17(14)20)16-9-21-19(24-23-16)12-5-3-10(7-15(12)30)18-25-27-29(2)26-18/h3,5,7,9,11,13-14,17,22,30H,4,6,8H2,1-2H3/t11-,13+,14+,17-/m1/s1/i2D3. The van der Waals surface area contributed by atoms with Gasteiger partial charge < -0.3 is 15.3 Å². The molecule has 0 aliphatic carbocycles. The molecule has 3 aromatic rings. The lowest BCUT2D eigenvalue weighted by Gasteiger charge is -2.38. The van der Waals surface area contributed by atoms with Crippen LogP contribution in [0.4, 0.5) is 10.2 Å². The third-order valence-electron chi connectivity index (χ3n) is 5.87. The zero-order valence-corrected chi connectivity index (χ0v) is 16.1. The highest BCUT2D eigenvalue weighted by atomic mass is 19.1. The average molecular weight is 414 g/mol.